The van der Waals surface area contributed by atoms with E-state index >= 15 is 0 Å². The van der Waals surface area contributed by atoms with Gasteiger partial charge in [-0.2, -0.15) is 0 Å². The normalized spacial score (nSPS) is 11.1. The zero-order valence-corrected chi connectivity index (χ0v) is 8.84. The first kappa shape index (κ1) is 13.3. The number of benzene rings is 1. The van der Waals surface area contributed by atoms with Crippen LogP contribution in [0.2, 0.25) is 0 Å². The molecular weight excluding hydrogens is 241 g/mol. The van der Waals surface area contributed by atoms with Crippen LogP contribution in [0.1, 0.15) is 10.4 Å². The van der Waals surface area contributed by atoms with Crippen molar-refractivity contribution in [2.24, 2.45) is 0 Å². The molecule has 0 saturated carbocycles. The number of hydrogen-bond acceptors (Lipinski definition) is 2. The van der Waals surface area contributed by atoms with Crippen LogP contribution in [0.5, 0.6) is 5.75 Å². The van der Waals surface area contributed by atoms with Crippen LogP contribution >= 0.6 is 0 Å². The molecule has 1 amide bonds. The number of methoxy groups -OCH3 is 1. The van der Waals surface area contributed by atoms with Gasteiger partial charge in [0.05, 0.1) is 12.7 Å². The molecule has 0 aliphatic carbocycles. The fourth-order valence-corrected chi connectivity index (χ4v) is 1.16. The molecule has 1 aromatic carbocycles. The van der Waals surface area contributed by atoms with E-state index in [1.165, 1.54) is 13.2 Å². The molecule has 94 valence electrons. The summed E-state index contributed by atoms with van der Waals surface area (Å²) >= 11 is 0. The molecule has 1 rings (SSSR count). The van der Waals surface area contributed by atoms with Gasteiger partial charge in [-0.25, -0.2) is 4.39 Å². The van der Waals surface area contributed by atoms with Gasteiger partial charge in [-0.1, -0.05) is 0 Å². The lowest BCUT2D eigenvalue weighted by molar-refractivity contribution is 0.0952. The number of carbonyl (C=O) groups is 1. The van der Waals surface area contributed by atoms with Gasteiger partial charge in [-0.15, -0.1) is 0 Å². The molecule has 0 aromatic heterocycles. The van der Waals surface area contributed by atoms with Crippen LogP contribution in [0.25, 0.3) is 0 Å². The van der Waals surface area contributed by atoms with Crippen molar-refractivity contribution in [2.45, 2.75) is 0 Å². The van der Waals surface area contributed by atoms with Crippen LogP contribution < -0.4 is 10.1 Å². The molecule has 0 atom stereocenters. The third-order valence-corrected chi connectivity index (χ3v) is 1.90. The number of amides is 1. The van der Waals surface area contributed by atoms with E-state index in [4.69, 9.17) is 4.74 Å². The van der Waals surface area contributed by atoms with Crippen molar-refractivity contribution >= 4 is 12.9 Å². The van der Waals surface area contributed by atoms with Crippen molar-refractivity contribution in [2.75, 3.05) is 13.6 Å². The molecule has 0 bridgehead atoms. The second-order valence-corrected chi connectivity index (χ2v) is 3.26. The number of ether oxygens (including phenoxy) is 1. The highest BCUT2D eigenvalue weighted by atomic mass is 19.4. The van der Waals surface area contributed by atoms with Crippen LogP contribution in [-0.4, -0.2) is 26.4 Å². The molecule has 0 heterocycles. The number of hydrogen-bond donors (Lipinski definition) is 1. The largest absolute Gasteiger partial charge is 0.497 e. The molecule has 17 heavy (non-hydrogen) atoms. The van der Waals surface area contributed by atoms with Crippen LogP contribution in [-0.2, 0) is 0 Å². The average Bonchev–Trinajstić information content (AvgIpc) is 2.25. The van der Waals surface area contributed by atoms with Gasteiger partial charge in [0.15, 0.2) is 0 Å². The Bertz CT molecular complexity index is 422. The Labute approximate surface area is 94.8 Å². The molecule has 0 aliphatic heterocycles. The summed E-state index contributed by atoms with van der Waals surface area (Å²) in [5, 5.41) is 1.66. The fourth-order valence-electron chi connectivity index (χ4n) is 1.16. The Morgan fingerprint density at radius 2 is 2.06 bits per heavy atom. The molecule has 0 aliphatic rings. The lowest BCUT2D eigenvalue weighted by Gasteiger charge is -2.15. The maximum atomic E-state index is 12.9. The molecule has 0 radical (unpaired) electrons. The molecule has 0 saturated heterocycles. The van der Waals surface area contributed by atoms with Gasteiger partial charge >= 0.3 is 6.98 Å². The topological polar surface area (TPSA) is 38.3 Å². The minimum absolute atomic E-state index is 0.0126. The van der Waals surface area contributed by atoms with Crippen LogP contribution in [0.4, 0.5) is 17.3 Å². The summed E-state index contributed by atoms with van der Waals surface area (Å²) in [6.45, 7) is -5.12. The summed E-state index contributed by atoms with van der Waals surface area (Å²) < 4.78 is 53.4. The number of rotatable bonds is 4. The van der Waals surface area contributed by atoms with Crippen molar-refractivity contribution in [3.05, 3.63) is 29.6 Å². The van der Waals surface area contributed by atoms with Gasteiger partial charge in [-0.05, 0) is 24.6 Å². The third-order valence-electron chi connectivity index (χ3n) is 1.90. The summed E-state index contributed by atoms with van der Waals surface area (Å²) in [6.07, 6.45) is -1.42. The Morgan fingerprint density at radius 3 is 2.59 bits per heavy atom. The number of nitrogens with one attached hydrogen (secondary N) is 1. The van der Waals surface area contributed by atoms with Gasteiger partial charge in [-0.3, -0.25) is 4.79 Å². The van der Waals surface area contributed by atoms with Crippen molar-refractivity contribution < 1.29 is 26.9 Å². The lowest BCUT2D eigenvalue weighted by atomic mass is 9.92. The van der Waals surface area contributed by atoms with Crippen molar-refractivity contribution in [3.8, 4) is 5.75 Å². The smallest absolute Gasteiger partial charge is 0.496 e. The SMILES string of the molecule is COc1ccc(F)cc1C(=O)NC[B-](F)(F)F. The third kappa shape index (κ3) is 3.97. The molecule has 0 unspecified atom stereocenters. The van der Waals surface area contributed by atoms with E-state index in [-0.39, 0.29) is 11.3 Å². The first-order valence-corrected chi connectivity index (χ1v) is 4.66. The molecule has 0 spiro atoms. The predicted molar refractivity (Wildman–Crippen MR) is 54.4 cm³/mol. The van der Waals surface area contributed by atoms with E-state index < -0.39 is 25.1 Å². The number of halogens is 4. The maximum absolute atomic E-state index is 12.9. The Hall–Kier alpha value is -1.73. The molecule has 0 fully saturated rings. The quantitative estimate of drug-likeness (QED) is 0.655. The van der Waals surface area contributed by atoms with Gasteiger partial charge in [0.25, 0.3) is 5.91 Å². The van der Waals surface area contributed by atoms with Gasteiger partial charge < -0.3 is 23.0 Å². The fraction of sp³-hybridized carbons (Fsp3) is 0.222. The molecule has 8 heteroatoms. The van der Waals surface area contributed by atoms with Crippen molar-refractivity contribution in [3.63, 3.8) is 0 Å². The monoisotopic (exact) mass is 250 g/mol. The summed E-state index contributed by atoms with van der Waals surface area (Å²) in [5.74, 6) is -1.74. The van der Waals surface area contributed by atoms with Crippen molar-refractivity contribution in [1.82, 2.24) is 5.32 Å². The minimum atomic E-state index is -5.12. The Morgan fingerprint density at radius 1 is 1.41 bits per heavy atom. The minimum Gasteiger partial charge on any atom is -0.496 e. The highest BCUT2D eigenvalue weighted by Crippen LogP contribution is 2.19. The van der Waals surface area contributed by atoms with Crippen LogP contribution in [0.3, 0.4) is 0 Å². The zero-order chi connectivity index (χ0) is 13.1. The van der Waals surface area contributed by atoms with Crippen LogP contribution in [0.15, 0.2) is 18.2 Å². The zero-order valence-electron chi connectivity index (χ0n) is 8.84. The summed E-state index contributed by atoms with van der Waals surface area (Å²) in [4.78, 5) is 11.4. The van der Waals surface area contributed by atoms with Gasteiger partial charge in [0.2, 0.25) is 0 Å². The number of carbonyl (C=O) groups excluding carboxylic acids is 1. The molecule has 3 nitrogen and oxygen atoms in total. The second-order valence-electron chi connectivity index (χ2n) is 3.26. The Kier molecular flexibility index (Phi) is 3.98. The van der Waals surface area contributed by atoms with E-state index in [0.29, 0.717) is 0 Å². The first-order valence-electron chi connectivity index (χ1n) is 4.66. The summed E-state index contributed by atoms with van der Waals surface area (Å²) in [7, 11) is 1.23. The average molecular weight is 250 g/mol. The maximum Gasteiger partial charge on any atom is 0.497 e. The van der Waals surface area contributed by atoms with E-state index in [2.05, 4.69) is 0 Å². The van der Waals surface area contributed by atoms with Crippen LogP contribution in [0, 0.1) is 5.82 Å². The van der Waals surface area contributed by atoms with Crippen molar-refractivity contribution in [1.29, 1.82) is 0 Å². The highest BCUT2D eigenvalue weighted by molar-refractivity contribution is 6.58. The highest BCUT2D eigenvalue weighted by Gasteiger charge is 2.24. The molecule has 1 aromatic rings. The predicted octanol–water partition coefficient (Wildman–Crippen LogP) is 1.95. The van der Waals surface area contributed by atoms with Gasteiger partial charge in [0.1, 0.15) is 11.6 Å². The van der Waals surface area contributed by atoms with E-state index in [0.717, 1.165) is 12.1 Å². The first-order chi connectivity index (χ1) is 7.83. The van der Waals surface area contributed by atoms with E-state index in [9.17, 15) is 22.1 Å². The van der Waals surface area contributed by atoms with E-state index in [1.54, 1.807) is 5.32 Å². The Balaban J connectivity index is 2.84. The molecular formula is C9H9BF4NO2-. The molecule has 1 N–H and O–H groups in total. The van der Waals surface area contributed by atoms with E-state index in [1.807, 2.05) is 0 Å². The van der Waals surface area contributed by atoms with Gasteiger partial charge in [0, 0.05) is 0 Å². The summed E-state index contributed by atoms with van der Waals surface area (Å²) in [5.41, 5.74) is -0.271. The lowest BCUT2D eigenvalue weighted by Crippen LogP contribution is -2.37. The summed E-state index contributed by atoms with van der Waals surface area (Å²) in [6, 6.07) is 3.03. The second kappa shape index (κ2) is 5.07. The standard InChI is InChI=1S/C9H9BF4NO2/c1-17-8-3-2-6(11)4-7(8)9(16)15-5-10(12,13)14/h2-4H,5H2,1H3,(H,15,16)/q-1.